The van der Waals surface area contributed by atoms with Gasteiger partial charge in [0.1, 0.15) is 0 Å². The van der Waals surface area contributed by atoms with Crippen molar-refractivity contribution in [2.45, 2.75) is 0 Å². The van der Waals surface area contributed by atoms with E-state index in [2.05, 4.69) is 15.0 Å². The number of methoxy groups -OCH3 is 3. The van der Waals surface area contributed by atoms with Gasteiger partial charge in [0.25, 0.3) is 0 Å². The highest BCUT2D eigenvalue weighted by Gasteiger charge is 2.20. The molecule has 0 atom stereocenters. The summed E-state index contributed by atoms with van der Waals surface area (Å²) in [6, 6.07) is 33.7. The van der Waals surface area contributed by atoms with Crippen molar-refractivity contribution in [2.75, 3.05) is 21.3 Å². The van der Waals surface area contributed by atoms with Crippen molar-refractivity contribution in [3.63, 3.8) is 0 Å². The molecule has 0 amide bonds. The molecule has 11 heteroatoms. The van der Waals surface area contributed by atoms with E-state index in [1.807, 2.05) is 97.1 Å². The molecule has 292 valence electrons. The van der Waals surface area contributed by atoms with Gasteiger partial charge in [0.05, 0.1) is 60.8 Å². The largest absolute Gasteiger partial charge is 0.465 e. The molecule has 2 aliphatic heterocycles. The third kappa shape index (κ3) is 6.83. The number of H-pyrrole nitrogens is 2. The van der Waals surface area contributed by atoms with E-state index < -0.39 is 17.9 Å². The molecular formula is C49H35N5O6. The zero-order valence-electron chi connectivity index (χ0n) is 32.6. The second kappa shape index (κ2) is 15.6. The minimum absolute atomic E-state index is 0.416. The second-order valence-corrected chi connectivity index (χ2v) is 13.9. The fourth-order valence-corrected chi connectivity index (χ4v) is 7.61. The highest BCUT2D eigenvalue weighted by molar-refractivity contribution is 6.01. The standard InChI is InChI=1S/C49H35N5O6/c1-58-47(55)32-10-4-28(5-11-32)43-35-16-18-37(51-35)44(29-6-12-33(13-7-29)48(56)59-2)39-20-22-41(53-39)46(31-24-26-50-27-25-31)42-23-21-40(54-42)45(38-19-17-36(43)52-38)30-8-14-34(15-9-30)49(57)60-3/h4-27,51,54H,1-3H3. The van der Waals surface area contributed by atoms with Crippen LogP contribution in [0.5, 0.6) is 0 Å². The number of hydrogen-bond donors (Lipinski definition) is 2. The first-order valence-corrected chi connectivity index (χ1v) is 19.0. The van der Waals surface area contributed by atoms with E-state index in [0.717, 1.165) is 72.3 Å². The van der Waals surface area contributed by atoms with Crippen LogP contribution in [0.2, 0.25) is 0 Å². The molecule has 6 heterocycles. The molecule has 60 heavy (non-hydrogen) atoms. The van der Waals surface area contributed by atoms with Crippen LogP contribution in [0.25, 0.3) is 90.9 Å². The molecule has 2 aliphatic rings. The maximum absolute atomic E-state index is 12.4. The zero-order valence-corrected chi connectivity index (χ0v) is 32.6. The summed E-state index contributed by atoms with van der Waals surface area (Å²) in [5.74, 6) is -1.30. The summed E-state index contributed by atoms with van der Waals surface area (Å²) in [6.45, 7) is 0. The number of nitrogens with one attached hydrogen (secondary N) is 2. The van der Waals surface area contributed by atoms with Gasteiger partial charge in [0.2, 0.25) is 0 Å². The van der Waals surface area contributed by atoms with Gasteiger partial charge in [-0.05, 0) is 119 Å². The normalized spacial score (nSPS) is 11.7. The highest BCUT2D eigenvalue weighted by Crippen LogP contribution is 2.38. The van der Waals surface area contributed by atoms with Crippen LogP contribution in [0.1, 0.15) is 53.8 Å². The van der Waals surface area contributed by atoms with E-state index in [9.17, 15) is 14.4 Å². The van der Waals surface area contributed by atoms with Crippen molar-refractivity contribution in [1.82, 2.24) is 24.9 Å². The average Bonchev–Trinajstić information content (AvgIpc) is 4.15. The maximum atomic E-state index is 12.4. The molecule has 0 fully saturated rings. The van der Waals surface area contributed by atoms with Gasteiger partial charge in [0, 0.05) is 56.7 Å². The molecule has 0 saturated carbocycles. The number of fused-ring (bicyclic) bond motifs is 8. The first-order valence-electron chi connectivity index (χ1n) is 19.0. The fourth-order valence-electron chi connectivity index (χ4n) is 7.61. The van der Waals surface area contributed by atoms with Gasteiger partial charge in [-0.25, -0.2) is 24.4 Å². The van der Waals surface area contributed by atoms with E-state index in [1.54, 1.807) is 48.8 Å². The quantitative estimate of drug-likeness (QED) is 0.119. The number of aromatic amines is 2. The van der Waals surface area contributed by atoms with Crippen LogP contribution in [0.4, 0.5) is 0 Å². The number of ether oxygens (including phenoxy) is 3. The number of pyridine rings is 1. The minimum Gasteiger partial charge on any atom is -0.465 e. The molecule has 3 aromatic carbocycles. The lowest BCUT2D eigenvalue weighted by atomic mass is 10.0. The molecule has 2 N–H and O–H groups in total. The second-order valence-electron chi connectivity index (χ2n) is 13.9. The van der Waals surface area contributed by atoms with E-state index in [-0.39, 0.29) is 0 Å². The van der Waals surface area contributed by atoms with E-state index in [4.69, 9.17) is 24.2 Å². The van der Waals surface area contributed by atoms with Gasteiger partial charge in [0.15, 0.2) is 0 Å². The molecule has 11 nitrogen and oxygen atoms in total. The lowest BCUT2D eigenvalue weighted by Gasteiger charge is -2.08. The molecule has 8 bridgehead atoms. The molecule has 0 saturated heterocycles. The number of aromatic nitrogens is 5. The third-order valence-electron chi connectivity index (χ3n) is 10.5. The number of rotatable bonds is 7. The monoisotopic (exact) mass is 789 g/mol. The Morgan fingerprint density at radius 3 is 0.917 bits per heavy atom. The minimum atomic E-state index is -0.438. The van der Waals surface area contributed by atoms with Gasteiger partial charge < -0.3 is 24.2 Å². The number of nitrogens with zero attached hydrogens (tertiary/aromatic N) is 3. The summed E-state index contributed by atoms with van der Waals surface area (Å²) in [5.41, 5.74) is 13.8. The topological polar surface area (TPSA) is 149 Å². The first-order chi connectivity index (χ1) is 29.3. The summed E-state index contributed by atoms with van der Waals surface area (Å²) < 4.78 is 14.9. The number of hydrogen-bond acceptors (Lipinski definition) is 9. The molecule has 0 spiro atoms. The number of esters is 3. The molecular weight excluding hydrogens is 755 g/mol. The van der Waals surface area contributed by atoms with Crippen LogP contribution < -0.4 is 0 Å². The van der Waals surface area contributed by atoms with Crippen LogP contribution in [0.15, 0.2) is 122 Å². The Balaban J connectivity index is 1.41. The van der Waals surface area contributed by atoms with Crippen LogP contribution >= 0.6 is 0 Å². The third-order valence-corrected chi connectivity index (χ3v) is 10.5. The van der Waals surface area contributed by atoms with Crippen LogP contribution in [-0.2, 0) is 14.2 Å². The lowest BCUT2D eigenvalue weighted by Crippen LogP contribution is -2.00. The summed E-state index contributed by atoms with van der Waals surface area (Å²) in [7, 11) is 4.07. The van der Waals surface area contributed by atoms with E-state index in [1.165, 1.54) is 21.3 Å². The molecule has 0 unspecified atom stereocenters. The summed E-state index contributed by atoms with van der Waals surface area (Å²) in [4.78, 5) is 59.6. The lowest BCUT2D eigenvalue weighted by molar-refractivity contribution is 0.0592. The number of carbonyl (C=O) groups excluding carboxylic acids is 3. The predicted molar refractivity (Wildman–Crippen MR) is 232 cm³/mol. The summed E-state index contributed by atoms with van der Waals surface area (Å²) >= 11 is 0. The maximum Gasteiger partial charge on any atom is 0.337 e. The number of benzene rings is 3. The zero-order chi connectivity index (χ0) is 41.3. The van der Waals surface area contributed by atoms with Gasteiger partial charge >= 0.3 is 17.9 Å². The van der Waals surface area contributed by atoms with Crippen molar-refractivity contribution >= 4 is 64.3 Å². The average molecular weight is 790 g/mol. The van der Waals surface area contributed by atoms with Gasteiger partial charge in [-0.1, -0.05) is 36.4 Å². The highest BCUT2D eigenvalue weighted by atomic mass is 16.5. The number of carbonyl (C=O) groups is 3. The molecule has 0 aliphatic carbocycles. The molecule has 0 radical (unpaired) electrons. The van der Waals surface area contributed by atoms with Gasteiger partial charge in [-0.3, -0.25) is 4.98 Å². The van der Waals surface area contributed by atoms with E-state index >= 15 is 0 Å². The summed E-state index contributed by atoms with van der Waals surface area (Å²) in [5, 5.41) is 0. The van der Waals surface area contributed by atoms with Crippen molar-refractivity contribution < 1.29 is 28.6 Å². The van der Waals surface area contributed by atoms with Crippen molar-refractivity contribution in [1.29, 1.82) is 0 Å². The van der Waals surface area contributed by atoms with Crippen LogP contribution in [-0.4, -0.2) is 64.2 Å². The Hall–Kier alpha value is -8.18. The first kappa shape index (κ1) is 37.4. The molecule has 9 rings (SSSR count). The molecule has 4 aromatic heterocycles. The van der Waals surface area contributed by atoms with Crippen LogP contribution in [0, 0.1) is 0 Å². The Labute approximate surface area is 343 Å². The van der Waals surface area contributed by atoms with E-state index in [0.29, 0.717) is 33.8 Å². The Kier molecular flexibility index (Phi) is 9.75. The van der Waals surface area contributed by atoms with Crippen molar-refractivity contribution in [2.24, 2.45) is 0 Å². The Morgan fingerprint density at radius 1 is 0.383 bits per heavy atom. The predicted octanol–water partition coefficient (Wildman–Crippen LogP) is 10.1. The molecule has 7 aromatic rings. The van der Waals surface area contributed by atoms with Gasteiger partial charge in [-0.2, -0.15) is 0 Å². The summed E-state index contributed by atoms with van der Waals surface area (Å²) in [6.07, 6.45) is 11.4. The smallest absolute Gasteiger partial charge is 0.337 e. The van der Waals surface area contributed by atoms with Crippen molar-refractivity contribution in [3.05, 3.63) is 161 Å². The van der Waals surface area contributed by atoms with Crippen LogP contribution in [0.3, 0.4) is 0 Å². The fraction of sp³-hybridized carbons (Fsp3) is 0.0612. The SMILES string of the molecule is COC(=O)c1ccc(-c2c3nc(c(-c4ccc(C(=O)OC)cc4)c4ccc([nH]4)c(-c4ccc(C(=O)OC)cc4)c4nc(c(-c5ccncc5)c5ccc2[nH]5)C=C4)C=C3)cc1. The van der Waals surface area contributed by atoms with Crippen molar-refractivity contribution in [3.8, 4) is 44.5 Å². The van der Waals surface area contributed by atoms with Gasteiger partial charge in [-0.15, -0.1) is 0 Å². The Morgan fingerprint density at radius 2 is 0.650 bits per heavy atom. The Bertz CT molecular complexity index is 3010.